The highest BCUT2D eigenvalue weighted by atomic mass is 32.1. The van der Waals surface area contributed by atoms with Crippen molar-refractivity contribution in [3.8, 4) is 0 Å². The van der Waals surface area contributed by atoms with Crippen molar-refractivity contribution in [1.82, 2.24) is 10.2 Å². The molecule has 0 bridgehead atoms. The molecule has 0 aliphatic carbocycles. The molecule has 0 radical (unpaired) electrons. The molecule has 3 N–H and O–H groups in total. The lowest BCUT2D eigenvalue weighted by Gasteiger charge is -2.23. The van der Waals surface area contributed by atoms with E-state index in [4.69, 9.17) is 5.73 Å². The first-order chi connectivity index (χ1) is 12.1. The van der Waals surface area contributed by atoms with Crippen LogP contribution in [0.15, 0.2) is 47.8 Å². The van der Waals surface area contributed by atoms with E-state index in [-0.39, 0.29) is 17.4 Å². The van der Waals surface area contributed by atoms with Gasteiger partial charge in [0.25, 0.3) is 0 Å². The molecule has 2 heterocycles. The SMILES string of the molecule is CC1(CN)CCN(CCC(=O)NC(c2ccccc2)c2cccs2)C1. The number of rotatable bonds is 7. The van der Waals surface area contributed by atoms with Gasteiger partial charge in [-0.3, -0.25) is 4.79 Å². The third-order valence-corrected chi connectivity index (χ3v) is 5.99. The molecule has 1 aliphatic rings. The Bertz CT molecular complexity index is 674. The van der Waals surface area contributed by atoms with Gasteiger partial charge >= 0.3 is 0 Å². The predicted octanol–water partition coefficient (Wildman–Crippen LogP) is 3.01. The lowest BCUT2D eigenvalue weighted by Crippen LogP contribution is -2.34. The first-order valence-electron chi connectivity index (χ1n) is 8.90. The fourth-order valence-electron chi connectivity index (χ4n) is 3.40. The predicted molar refractivity (Wildman–Crippen MR) is 104 cm³/mol. The van der Waals surface area contributed by atoms with Gasteiger partial charge in [0, 0.05) is 24.4 Å². The molecule has 2 atom stereocenters. The van der Waals surface area contributed by atoms with Crippen molar-refractivity contribution >= 4 is 17.2 Å². The van der Waals surface area contributed by atoms with Crippen molar-refractivity contribution < 1.29 is 4.79 Å². The minimum absolute atomic E-state index is 0.0680. The van der Waals surface area contributed by atoms with E-state index in [9.17, 15) is 4.79 Å². The summed E-state index contributed by atoms with van der Waals surface area (Å²) in [6.45, 7) is 5.77. The highest BCUT2D eigenvalue weighted by Gasteiger charge is 2.32. The summed E-state index contributed by atoms with van der Waals surface area (Å²) >= 11 is 1.67. The van der Waals surface area contributed by atoms with Gasteiger partial charge in [0.15, 0.2) is 0 Å². The average Bonchev–Trinajstić information content (AvgIpc) is 3.29. The smallest absolute Gasteiger partial charge is 0.222 e. The molecular weight excluding hydrogens is 330 g/mol. The van der Waals surface area contributed by atoms with Crippen LogP contribution in [0.5, 0.6) is 0 Å². The first kappa shape index (κ1) is 18.1. The molecule has 1 fully saturated rings. The van der Waals surface area contributed by atoms with E-state index in [1.165, 1.54) is 0 Å². The molecule has 2 unspecified atom stereocenters. The Morgan fingerprint density at radius 1 is 1.32 bits per heavy atom. The maximum Gasteiger partial charge on any atom is 0.222 e. The average molecular weight is 358 g/mol. The fourth-order valence-corrected chi connectivity index (χ4v) is 4.20. The van der Waals surface area contributed by atoms with Crippen molar-refractivity contribution in [3.63, 3.8) is 0 Å². The van der Waals surface area contributed by atoms with E-state index in [1.54, 1.807) is 11.3 Å². The molecule has 1 aromatic heterocycles. The van der Waals surface area contributed by atoms with Crippen LogP contribution in [0.1, 0.15) is 36.2 Å². The Morgan fingerprint density at radius 2 is 2.12 bits per heavy atom. The standard InChI is InChI=1S/C20H27N3OS/c1-20(14-21)10-12-23(15-20)11-9-18(24)22-19(17-8-5-13-25-17)16-6-3-2-4-7-16/h2-8,13,19H,9-12,14-15,21H2,1H3,(H,22,24). The number of hydrogen-bond donors (Lipinski definition) is 2. The number of likely N-dealkylation sites (tertiary alicyclic amines) is 1. The van der Waals surface area contributed by atoms with Crippen molar-refractivity contribution in [2.24, 2.45) is 11.1 Å². The van der Waals surface area contributed by atoms with Crippen LogP contribution in [-0.4, -0.2) is 37.0 Å². The number of hydrogen-bond acceptors (Lipinski definition) is 4. The van der Waals surface area contributed by atoms with Crippen molar-refractivity contribution in [2.75, 3.05) is 26.2 Å². The first-order valence-corrected chi connectivity index (χ1v) is 9.78. The van der Waals surface area contributed by atoms with Crippen molar-refractivity contribution in [1.29, 1.82) is 0 Å². The van der Waals surface area contributed by atoms with Gasteiger partial charge in [0.2, 0.25) is 5.91 Å². The van der Waals surface area contributed by atoms with Crippen LogP contribution in [0, 0.1) is 5.41 Å². The van der Waals surface area contributed by atoms with Gasteiger partial charge in [-0.25, -0.2) is 0 Å². The number of thiophene rings is 1. The molecule has 1 amide bonds. The van der Waals surface area contributed by atoms with E-state index < -0.39 is 0 Å². The zero-order valence-electron chi connectivity index (χ0n) is 14.8. The number of carbonyl (C=O) groups excluding carboxylic acids is 1. The number of nitrogens with one attached hydrogen (secondary N) is 1. The van der Waals surface area contributed by atoms with Gasteiger partial charge in [0.05, 0.1) is 6.04 Å². The van der Waals surface area contributed by atoms with Gasteiger partial charge < -0.3 is 16.0 Å². The lowest BCUT2D eigenvalue weighted by molar-refractivity contribution is -0.121. The van der Waals surface area contributed by atoms with Crippen LogP contribution in [-0.2, 0) is 4.79 Å². The van der Waals surface area contributed by atoms with E-state index in [2.05, 4.69) is 40.7 Å². The summed E-state index contributed by atoms with van der Waals surface area (Å²) in [4.78, 5) is 16.1. The molecule has 25 heavy (non-hydrogen) atoms. The summed E-state index contributed by atoms with van der Waals surface area (Å²) < 4.78 is 0. The largest absolute Gasteiger partial charge is 0.344 e. The Hall–Kier alpha value is -1.69. The lowest BCUT2D eigenvalue weighted by atomic mass is 9.90. The van der Waals surface area contributed by atoms with Crippen LogP contribution >= 0.6 is 11.3 Å². The molecule has 2 aromatic rings. The third-order valence-electron chi connectivity index (χ3n) is 5.05. The molecule has 3 rings (SSSR count). The Labute approximate surface area is 154 Å². The molecule has 1 aromatic carbocycles. The minimum Gasteiger partial charge on any atom is -0.344 e. The fraction of sp³-hybridized carbons (Fsp3) is 0.450. The van der Waals surface area contributed by atoms with E-state index in [1.807, 2.05) is 24.3 Å². The maximum atomic E-state index is 12.6. The van der Waals surface area contributed by atoms with E-state index in [0.29, 0.717) is 13.0 Å². The minimum atomic E-state index is -0.0680. The highest BCUT2D eigenvalue weighted by Crippen LogP contribution is 2.29. The summed E-state index contributed by atoms with van der Waals surface area (Å²) in [5.41, 5.74) is 7.19. The van der Waals surface area contributed by atoms with Gasteiger partial charge in [-0.1, -0.05) is 43.3 Å². The number of amides is 1. The Kier molecular flexibility index (Phi) is 5.89. The molecular formula is C20H27N3OS. The van der Waals surface area contributed by atoms with Crippen LogP contribution in [0.3, 0.4) is 0 Å². The van der Waals surface area contributed by atoms with Gasteiger partial charge in [-0.15, -0.1) is 11.3 Å². The molecule has 134 valence electrons. The van der Waals surface area contributed by atoms with Crippen LogP contribution in [0.4, 0.5) is 0 Å². The number of nitrogens with two attached hydrogens (primary N) is 1. The topological polar surface area (TPSA) is 58.4 Å². The number of benzene rings is 1. The van der Waals surface area contributed by atoms with Gasteiger partial charge in [-0.2, -0.15) is 0 Å². The van der Waals surface area contributed by atoms with Crippen molar-refractivity contribution in [3.05, 3.63) is 58.3 Å². The van der Waals surface area contributed by atoms with E-state index in [0.717, 1.165) is 36.5 Å². The maximum absolute atomic E-state index is 12.6. The molecule has 0 saturated carbocycles. The summed E-state index contributed by atoms with van der Waals surface area (Å²) in [7, 11) is 0. The zero-order valence-corrected chi connectivity index (χ0v) is 15.6. The van der Waals surface area contributed by atoms with Crippen LogP contribution < -0.4 is 11.1 Å². The normalized spacial score (nSPS) is 22.0. The second-order valence-electron chi connectivity index (χ2n) is 7.22. The number of carbonyl (C=O) groups is 1. The zero-order chi connectivity index (χ0) is 17.7. The highest BCUT2D eigenvalue weighted by molar-refractivity contribution is 7.10. The van der Waals surface area contributed by atoms with Gasteiger partial charge in [0.1, 0.15) is 0 Å². The summed E-state index contributed by atoms with van der Waals surface area (Å²) in [6.07, 6.45) is 1.64. The monoisotopic (exact) mass is 357 g/mol. The molecule has 1 saturated heterocycles. The Morgan fingerprint density at radius 3 is 2.76 bits per heavy atom. The summed E-state index contributed by atoms with van der Waals surface area (Å²) in [6, 6.07) is 14.2. The van der Waals surface area contributed by atoms with Crippen LogP contribution in [0.2, 0.25) is 0 Å². The third kappa shape index (κ3) is 4.69. The summed E-state index contributed by atoms with van der Waals surface area (Å²) in [5.74, 6) is 0.101. The summed E-state index contributed by atoms with van der Waals surface area (Å²) in [5, 5.41) is 5.27. The van der Waals surface area contributed by atoms with Crippen LogP contribution in [0.25, 0.3) is 0 Å². The van der Waals surface area contributed by atoms with E-state index >= 15 is 0 Å². The Balaban J connectivity index is 1.58. The van der Waals surface area contributed by atoms with Crippen molar-refractivity contribution in [2.45, 2.75) is 25.8 Å². The molecule has 4 nitrogen and oxygen atoms in total. The van der Waals surface area contributed by atoms with Gasteiger partial charge in [-0.05, 0) is 41.9 Å². The molecule has 1 aliphatic heterocycles. The number of nitrogens with zero attached hydrogens (tertiary/aromatic N) is 1. The quantitative estimate of drug-likeness (QED) is 0.801. The second-order valence-corrected chi connectivity index (χ2v) is 8.20. The molecule has 5 heteroatoms. The molecule has 0 spiro atoms. The second kappa shape index (κ2) is 8.13.